The molecular formula is C14H16N2O. The SMILES string of the molecule is CC(C)c1nn(C)cc1-c1ccccc1C=O. The van der Waals surface area contributed by atoms with Crippen LogP contribution in [0.1, 0.15) is 35.8 Å². The van der Waals surface area contributed by atoms with Crippen molar-refractivity contribution in [3.05, 3.63) is 41.7 Å². The molecule has 0 atom stereocenters. The lowest BCUT2D eigenvalue weighted by Gasteiger charge is -2.07. The van der Waals surface area contributed by atoms with Crippen LogP contribution in [0, 0.1) is 0 Å². The van der Waals surface area contributed by atoms with Crippen LogP contribution >= 0.6 is 0 Å². The molecule has 0 bridgehead atoms. The Kier molecular flexibility index (Phi) is 3.09. The third-order valence-electron chi connectivity index (χ3n) is 2.78. The van der Waals surface area contributed by atoms with Crippen molar-refractivity contribution < 1.29 is 4.79 Å². The van der Waals surface area contributed by atoms with E-state index in [2.05, 4.69) is 18.9 Å². The van der Waals surface area contributed by atoms with Crippen molar-refractivity contribution in [3.8, 4) is 11.1 Å². The molecule has 0 amide bonds. The molecule has 17 heavy (non-hydrogen) atoms. The Labute approximate surface area is 101 Å². The highest BCUT2D eigenvalue weighted by Gasteiger charge is 2.15. The van der Waals surface area contributed by atoms with E-state index < -0.39 is 0 Å². The van der Waals surface area contributed by atoms with E-state index in [4.69, 9.17) is 0 Å². The third kappa shape index (κ3) is 2.13. The Bertz CT molecular complexity index is 541. The Morgan fingerprint density at radius 3 is 2.59 bits per heavy atom. The molecule has 2 aromatic rings. The molecule has 1 aromatic carbocycles. The summed E-state index contributed by atoms with van der Waals surface area (Å²) in [6.07, 6.45) is 2.87. The first-order chi connectivity index (χ1) is 8.13. The quantitative estimate of drug-likeness (QED) is 0.757. The number of aromatic nitrogens is 2. The van der Waals surface area contributed by atoms with Gasteiger partial charge in [0.15, 0.2) is 6.29 Å². The van der Waals surface area contributed by atoms with Crippen LogP contribution in [0.25, 0.3) is 11.1 Å². The summed E-state index contributed by atoms with van der Waals surface area (Å²) >= 11 is 0. The zero-order valence-corrected chi connectivity index (χ0v) is 10.3. The Balaban J connectivity index is 2.63. The molecule has 0 spiro atoms. The molecule has 1 aromatic heterocycles. The highest BCUT2D eigenvalue weighted by atomic mass is 16.1. The summed E-state index contributed by atoms with van der Waals surface area (Å²) in [6, 6.07) is 7.62. The van der Waals surface area contributed by atoms with Crippen molar-refractivity contribution in [1.29, 1.82) is 0 Å². The lowest BCUT2D eigenvalue weighted by Crippen LogP contribution is -1.94. The average Bonchev–Trinajstić information content (AvgIpc) is 2.71. The van der Waals surface area contributed by atoms with Crippen molar-refractivity contribution in [2.24, 2.45) is 7.05 Å². The molecule has 3 nitrogen and oxygen atoms in total. The second-order valence-corrected chi connectivity index (χ2v) is 4.46. The van der Waals surface area contributed by atoms with Crippen LogP contribution in [0.3, 0.4) is 0 Å². The van der Waals surface area contributed by atoms with Crippen LogP contribution in [-0.2, 0) is 7.05 Å². The van der Waals surface area contributed by atoms with Crippen LogP contribution in [0.15, 0.2) is 30.5 Å². The van der Waals surface area contributed by atoms with E-state index >= 15 is 0 Å². The van der Waals surface area contributed by atoms with Gasteiger partial charge in [0, 0.05) is 24.4 Å². The van der Waals surface area contributed by atoms with Gasteiger partial charge < -0.3 is 0 Å². The van der Waals surface area contributed by atoms with Gasteiger partial charge in [0.25, 0.3) is 0 Å². The first-order valence-corrected chi connectivity index (χ1v) is 5.71. The zero-order chi connectivity index (χ0) is 12.4. The average molecular weight is 228 g/mol. The monoisotopic (exact) mass is 228 g/mol. The summed E-state index contributed by atoms with van der Waals surface area (Å²) in [7, 11) is 1.90. The Morgan fingerprint density at radius 2 is 1.94 bits per heavy atom. The maximum absolute atomic E-state index is 11.1. The molecular weight excluding hydrogens is 212 g/mol. The number of carbonyl (C=O) groups is 1. The van der Waals surface area contributed by atoms with E-state index in [1.165, 1.54) is 0 Å². The number of nitrogens with zero attached hydrogens (tertiary/aromatic N) is 2. The summed E-state index contributed by atoms with van der Waals surface area (Å²) in [4.78, 5) is 11.1. The maximum Gasteiger partial charge on any atom is 0.150 e. The number of aryl methyl sites for hydroxylation is 1. The predicted octanol–water partition coefficient (Wildman–Crippen LogP) is 3.02. The Morgan fingerprint density at radius 1 is 1.24 bits per heavy atom. The fourth-order valence-corrected chi connectivity index (χ4v) is 1.98. The van der Waals surface area contributed by atoms with Crippen molar-refractivity contribution in [2.45, 2.75) is 19.8 Å². The van der Waals surface area contributed by atoms with E-state index in [0.717, 1.165) is 23.1 Å². The van der Waals surface area contributed by atoms with E-state index in [1.54, 1.807) is 4.68 Å². The number of hydrogen-bond acceptors (Lipinski definition) is 2. The summed E-state index contributed by atoms with van der Waals surface area (Å²) in [5, 5.41) is 4.46. The largest absolute Gasteiger partial charge is 0.298 e. The zero-order valence-electron chi connectivity index (χ0n) is 10.3. The van der Waals surface area contributed by atoms with E-state index in [-0.39, 0.29) is 0 Å². The minimum Gasteiger partial charge on any atom is -0.298 e. The first kappa shape index (κ1) is 11.6. The summed E-state index contributed by atoms with van der Waals surface area (Å²) in [5.74, 6) is 0.339. The van der Waals surface area contributed by atoms with E-state index in [0.29, 0.717) is 11.5 Å². The van der Waals surface area contributed by atoms with Crippen LogP contribution in [0.5, 0.6) is 0 Å². The predicted molar refractivity (Wildman–Crippen MR) is 68.1 cm³/mol. The number of aldehydes is 1. The molecule has 3 heteroatoms. The number of rotatable bonds is 3. The van der Waals surface area contributed by atoms with Gasteiger partial charge in [-0.25, -0.2) is 0 Å². The number of hydrogen-bond donors (Lipinski definition) is 0. The molecule has 0 aliphatic heterocycles. The number of benzene rings is 1. The topological polar surface area (TPSA) is 34.9 Å². The molecule has 0 radical (unpaired) electrons. The highest BCUT2D eigenvalue weighted by molar-refractivity contribution is 5.88. The fraction of sp³-hybridized carbons (Fsp3) is 0.286. The van der Waals surface area contributed by atoms with Gasteiger partial charge in [-0.2, -0.15) is 5.10 Å². The van der Waals surface area contributed by atoms with Crippen molar-refractivity contribution in [1.82, 2.24) is 9.78 Å². The molecule has 0 saturated heterocycles. The van der Waals surface area contributed by atoms with Gasteiger partial charge in [0.1, 0.15) is 0 Å². The minimum atomic E-state index is 0.339. The van der Waals surface area contributed by atoms with Crippen LogP contribution < -0.4 is 0 Å². The summed E-state index contributed by atoms with van der Waals surface area (Å²) in [6.45, 7) is 4.21. The van der Waals surface area contributed by atoms with Crippen molar-refractivity contribution >= 4 is 6.29 Å². The molecule has 2 rings (SSSR count). The molecule has 0 unspecified atom stereocenters. The van der Waals surface area contributed by atoms with E-state index in [9.17, 15) is 4.79 Å². The van der Waals surface area contributed by atoms with Crippen LogP contribution in [0.2, 0.25) is 0 Å². The second kappa shape index (κ2) is 4.53. The smallest absolute Gasteiger partial charge is 0.150 e. The van der Waals surface area contributed by atoms with Crippen molar-refractivity contribution in [2.75, 3.05) is 0 Å². The van der Waals surface area contributed by atoms with Gasteiger partial charge in [0.05, 0.1) is 5.69 Å². The van der Waals surface area contributed by atoms with Gasteiger partial charge in [-0.05, 0) is 11.5 Å². The summed E-state index contributed by atoms with van der Waals surface area (Å²) in [5.41, 5.74) is 3.74. The second-order valence-electron chi connectivity index (χ2n) is 4.46. The van der Waals surface area contributed by atoms with E-state index in [1.807, 2.05) is 37.5 Å². The van der Waals surface area contributed by atoms with Gasteiger partial charge >= 0.3 is 0 Å². The fourth-order valence-electron chi connectivity index (χ4n) is 1.98. The molecule has 0 saturated carbocycles. The maximum atomic E-state index is 11.1. The van der Waals surface area contributed by atoms with Crippen LogP contribution in [0.4, 0.5) is 0 Å². The van der Waals surface area contributed by atoms with Gasteiger partial charge in [0.2, 0.25) is 0 Å². The van der Waals surface area contributed by atoms with Gasteiger partial charge in [-0.3, -0.25) is 9.48 Å². The Hall–Kier alpha value is -1.90. The third-order valence-corrected chi connectivity index (χ3v) is 2.78. The molecule has 0 N–H and O–H groups in total. The highest BCUT2D eigenvalue weighted by Crippen LogP contribution is 2.29. The molecule has 0 fully saturated rings. The number of carbonyl (C=O) groups excluding carboxylic acids is 1. The lowest BCUT2D eigenvalue weighted by atomic mass is 9.97. The minimum absolute atomic E-state index is 0.339. The van der Waals surface area contributed by atoms with Crippen LogP contribution in [-0.4, -0.2) is 16.1 Å². The normalized spacial score (nSPS) is 10.8. The van der Waals surface area contributed by atoms with Gasteiger partial charge in [-0.1, -0.05) is 38.1 Å². The molecule has 0 aliphatic rings. The first-order valence-electron chi connectivity index (χ1n) is 5.71. The van der Waals surface area contributed by atoms with Crippen molar-refractivity contribution in [3.63, 3.8) is 0 Å². The standard InChI is InChI=1S/C14H16N2O/c1-10(2)14-13(8-16(3)15-14)12-7-5-4-6-11(12)9-17/h4-10H,1-3H3. The van der Waals surface area contributed by atoms with Gasteiger partial charge in [-0.15, -0.1) is 0 Å². The molecule has 88 valence electrons. The lowest BCUT2D eigenvalue weighted by molar-refractivity contribution is 0.112. The molecule has 0 aliphatic carbocycles. The molecule has 1 heterocycles. The summed E-state index contributed by atoms with van der Waals surface area (Å²) < 4.78 is 1.80.